The molecule has 0 atom stereocenters. The van der Waals surface area contributed by atoms with Gasteiger partial charge in [-0.3, -0.25) is 14.6 Å². The Morgan fingerprint density at radius 2 is 1.79 bits per heavy atom. The Morgan fingerprint density at radius 3 is 2.48 bits per heavy atom. The van der Waals surface area contributed by atoms with E-state index in [1.807, 2.05) is 44.2 Å². The Bertz CT molecular complexity index is 1040. The number of hydrogen-bond donors (Lipinski definition) is 2. The molecule has 1 aromatic carbocycles. The lowest BCUT2D eigenvalue weighted by molar-refractivity contribution is -0.139. The van der Waals surface area contributed by atoms with E-state index < -0.39 is 11.8 Å². The summed E-state index contributed by atoms with van der Waals surface area (Å²) < 4.78 is 2.06. The number of hydrazone groups is 1. The molecule has 2 N–H and O–H groups in total. The Labute approximate surface area is 173 Å². The van der Waals surface area contributed by atoms with E-state index in [0.29, 0.717) is 5.02 Å². The van der Waals surface area contributed by atoms with Gasteiger partial charge in [0.15, 0.2) is 0 Å². The minimum absolute atomic E-state index is 0.237. The summed E-state index contributed by atoms with van der Waals surface area (Å²) in [6.07, 6.45) is 4.75. The van der Waals surface area contributed by atoms with Gasteiger partial charge in [-0.15, -0.1) is 0 Å². The van der Waals surface area contributed by atoms with E-state index in [1.54, 1.807) is 24.5 Å². The molecule has 0 fully saturated rings. The van der Waals surface area contributed by atoms with Gasteiger partial charge in [0.1, 0.15) is 0 Å². The molecular weight excluding hydrogens is 390 g/mol. The van der Waals surface area contributed by atoms with Gasteiger partial charge in [0.05, 0.1) is 6.21 Å². The average Bonchev–Trinajstić information content (AvgIpc) is 3.01. The van der Waals surface area contributed by atoms with Crippen molar-refractivity contribution in [3.8, 4) is 5.69 Å². The zero-order valence-corrected chi connectivity index (χ0v) is 16.8. The van der Waals surface area contributed by atoms with Gasteiger partial charge in [0, 0.05) is 46.6 Å². The summed E-state index contributed by atoms with van der Waals surface area (Å²) >= 11 is 5.96. The molecule has 148 valence electrons. The van der Waals surface area contributed by atoms with Gasteiger partial charge >= 0.3 is 11.8 Å². The summed E-state index contributed by atoms with van der Waals surface area (Å²) in [6, 6.07) is 13.0. The van der Waals surface area contributed by atoms with Crippen molar-refractivity contribution in [2.24, 2.45) is 5.10 Å². The third kappa shape index (κ3) is 5.08. The zero-order chi connectivity index (χ0) is 20.8. The molecule has 8 heteroatoms. The molecule has 0 aliphatic rings. The highest BCUT2D eigenvalue weighted by molar-refractivity contribution is 6.35. The van der Waals surface area contributed by atoms with Crippen LogP contribution in [0.3, 0.4) is 0 Å². The fourth-order valence-electron chi connectivity index (χ4n) is 2.88. The van der Waals surface area contributed by atoms with Gasteiger partial charge < -0.3 is 9.88 Å². The molecule has 0 spiro atoms. The fourth-order valence-corrected chi connectivity index (χ4v) is 3.01. The Morgan fingerprint density at radius 1 is 1.10 bits per heavy atom. The number of halogens is 1. The molecule has 0 saturated carbocycles. The molecule has 7 nitrogen and oxygen atoms in total. The number of benzene rings is 1. The minimum atomic E-state index is -0.832. The average molecular weight is 410 g/mol. The van der Waals surface area contributed by atoms with Gasteiger partial charge in [-0.1, -0.05) is 11.6 Å². The Kier molecular flexibility index (Phi) is 6.41. The van der Waals surface area contributed by atoms with Crippen LogP contribution in [0.2, 0.25) is 5.02 Å². The van der Waals surface area contributed by atoms with Crippen molar-refractivity contribution in [2.75, 3.05) is 0 Å². The highest BCUT2D eigenvalue weighted by atomic mass is 35.5. The van der Waals surface area contributed by atoms with Crippen LogP contribution in [-0.4, -0.2) is 27.6 Å². The molecule has 0 radical (unpaired) electrons. The second-order valence-corrected chi connectivity index (χ2v) is 6.81. The quantitative estimate of drug-likeness (QED) is 0.386. The highest BCUT2D eigenvalue weighted by Gasteiger charge is 2.13. The van der Waals surface area contributed by atoms with Crippen molar-refractivity contribution in [1.29, 1.82) is 0 Å². The standard InChI is InChI=1S/C21H20ClN5O2/c1-14-11-17(15(2)27(14)19-5-3-18(22)4-6-19)13-25-26-21(29)20(28)24-12-16-7-9-23-10-8-16/h3-11,13H,12H2,1-2H3,(H,24,28)(H,26,29)/b25-13-. The van der Waals surface area contributed by atoms with Crippen molar-refractivity contribution >= 4 is 29.6 Å². The van der Waals surface area contributed by atoms with Crippen LogP contribution in [0.5, 0.6) is 0 Å². The summed E-state index contributed by atoms with van der Waals surface area (Å²) in [4.78, 5) is 27.7. The second kappa shape index (κ2) is 9.16. The number of pyridine rings is 1. The van der Waals surface area contributed by atoms with E-state index in [0.717, 1.165) is 28.2 Å². The smallest absolute Gasteiger partial charge is 0.329 e. The van der Waals surface area contributed by atoms with Crippen molar-refractivity contribution in [3.63, 3.8) is 0 Å². The van der Waals surface area contributed by atoms with Crippen molar-refractivity contribution < 1.29 is 9.59 Å². The first-order chi connectivity index (χ1) is 14.0. The first-order valence-electron chi connectivity index (χ1n) is 8.90. The van der Waals surface area contributed by atoms with E-state index in [9.17, 15) is 9.59 Å². The molecule has 3 rings (SSSR count). The molecule has 29 heavy (non-hydrogen) atoms. The number of nitrogens with zero attached hydrogens (tertiary/aromatic N) is 3. The van der Waals surface area contributed by atoms with E-state index in [-0.39, 0.29) is 6.54 Å². The number of carbonyl (C=O) groups is 2. The molecule has 0 unspecified atom stereocenters. The highest BCUT2D eigenvalue weighted by Crippen LogP contribution is 2.21. The van der Waals surface area contributed by atoms with Crippen LogP contribution < -0.4 is 10.7 Å². The van der Waals surface area contributed by atoms with Crippen LogP contribution in [0, 0.1) is 13.8 Å². The molecule has 0 bridgehead atoms. The van der Waals surface area contributed by atoms with E-state index in [4.69, 9.17) is 11.6 Å². The Hall–Kier alpha value is -3.45. The third-order valence-corrected chi connectivity index (χ3v) is 4.59. The predicted octanol–water partition coefficient (Wildman–Crippen LogP) is 2.91. The van der Waals surface area contributed by atoms with Gasteiger partial charge in [-0.25, -0.2) is 5.43 Å². The number of rotatable bonds is 5. The first kappa shape index (κ1) is 20.3. The third-order valence-electron chi connectivity index (χ3n) is 4.33. The topological polar surface area (TPSA) is 88.4 Å². The number of hydrogen-bond acceptors (Lipinski definition) is 4. The second-order valence-electron chi connectivity index (χ2n) is 6.38. The van der Waals surface area contributed by atoms with Gasteiger partial charge in [0.25, 0.3) is 0 Å². The van der Waals surface area contributed by atoms with Crippen LogP contribution in [0.4, 0.5) is 0 Å². The number of nitrogens with one attached hydrogen (secondary N) is 2. The summed E-state index contributed by atoms with van der Waals surface area (Å²) in [5.74, 6) is -1.59. The van der Waals surface area contributed by atoms with E-state index in [2.05, 4.69) is 25.4 Å². The monoisotopic (exact) mass is 409 g/mol. The molecule has 3 aromatic rings. The van der Waals surface area contributed by atoms with Crippen molar-refractivity contribution in [2.45, 2.75) is 20.4 Å². The summed E-state index contributed by atoms with van der Waals surface area (Å²) in [6.45, 7) is 4.16. The number of amides is 2. The number of carbonyl (C=O) groups excluding carboxylic acids is 2. The molecule has 2 heterocycles. The maximum atomic E-state index is 11.9. The van der Waals surface area contributed by atoms with Crippen LogP contribution >= 0.6 is 11.6 Å². The lowest BCUT2D eigenvalue weighted by atomic mass is 10.2. The molecule has 2 amide bonds. The van der Waals surface area contributed by atoms with E-state index >= 15 is 0 Å². The number of aryl methyl sites for hydroxylation is 1. The SMILES string of the molecule is Cc1cc(/C=N\NC(=O)C(=O)NCc2ccncc2)c(C)n1-c1ccc(Cl)cc1. The van der Waals surface area contributed by atoms with Gasteiger partial charge in [-0.05, 0) is 61.9 Å². The normalized spacial score (nSPS) is 10.9. The van der Waals surface area contributed by atoms with Crippen LogP contribution in [-0.2, 0) is 16.1 Å². The van der Waals surface area contributed by atoms with Crippen LogP contribution in [0.1, 0.15) is 22.5 Å². The molecule has 2 aromatic heterocycles. The zero-order valence-electron chi connectivity index (χ0n) is 16.0. The van der Waals surface area contributed by atoms with E-state index in [1.165, 1.54) is 6.21 Å². The number of aromatic nitrogens is 2. The first-order valence-corrected chi connectivity index (χ1v) is 9.28. The van der Waals surface area contributed by atoms with Gasteiger partial charge in [0.2, 0.25) is 0 Å². The maximum absolute atomic E-state index is 11.9. The molecule has 0 aliphatic carbocycles. The van der Waals surface area contributed by atoms with Crippen molar-refractivity contribution in [3.05, 3.63) is 82.4 Å². The summed E-state index contributed by atoms with van der Waals surface area (Å²) in [5.41, 5.74) is 6.86. The lowest BCUT2D eigenvalue weighted by Gasteiger charge is -2.09. The molecule has 0 aliphatic heterocycles. The summed E-state index contributed by atoms with van der Waals surface area (Å²) in [5, 5.41) is 7.11. The minimum Gasteiger partial charge on any atom is -0.344 e. The summed E-state index contributed by atoms with van der Waals surface area (Å²) in [7, 11) is 0. The largest absolute Gasteiger partial charge is 0.344 e. The van der Waals surface area contributed by atoms with Crippen LogP contribution in [0.15, 0.2) is 60.0 Å². The molecular formula is C21H20ClN5O2. The fraction of sp³-hybridized carbons (Fsp3) is 0.143. The Balaban J connectivity index is 1.61. The molecule has 0 saturated heterocycles. The lowest BCUT2D eigenvalue weighted by Crippen LogP contribution is -2.37. The van der Waals surface area contributed by atoms with Crippen molar-refractivity contribution in [1.82, 2.24) is 20.3 Å². The van der Waals surface area contributed by atoms with Crippen LogP contribution in [0.25, 0.3) is 5.69 Å². The van der Waals surface area contributed by atoms with Gasteiger partial charge in [-0.2, -0.15) is 5.10 Å². The predicted molar refractivity (Wildman–Crippen MR) is 112 cm³/mol. The maximum Gasteiger partial charge on any atom is 0.329 e.